The first kappa shape index (κ1) is 15.1. The molecule has 0 atom stereocenters. The molecule has 0 fully saturated rings. The Labute approximate surface area is 124 Å². The third kappa shape index (κ3) is 4.95. The van der Waals surface area contributed by atoms with Gasteiger partial charge in [-0.15, -0.1) is 0 Å². The number of benzene rings is 1. The summed E-state index contributed by atoms with van der Waals surface area (Å²) < 4.78 is 18.7. The van der Waals surface area contributed by atoms with Crippen molar-refractivity contribution in [1.82, 2.24) is 10.6 Å². The lowest BCUT2D eigenvalue weighted by atomic mass is 10.1. The molecular weight excluding hydrogens is 269 g/mol. The van der Waals surface area contributed by atoms with Crippen molar-refractivity contribution in [3.05, 3.63) is 59.8 Å². The number of furan rings is 1. The molecule has 5 heteroatoms. The van der Waals surface area contributed by atoms with Crippen LogP contribution < -0.4 is 10.6 Å². The van der Waals surface area contributed by atoms with Crippen LogP contribution in [0.2, 0.25) is 0 Å². The molecule has 0 radical (unpaired) electrons. The smallest absolute Gasteiger partial charge is 0.191 e. The highest BCUT2D eigenvalue weighted by Gasteiger charge is 2.02. The van der Waals surface area contributed by atoms with Crippen LogP contribution in [-0.4, -0.2) is 26.1 Å². The minimum absolute atomic E-state index is 0.167. The van der Waals surface area contributed by atoms with Crippen LogP contribution in [0.5, 0.6) is 0 Å². The van der Waals surface area contributed by atoms with Crippen molar-refractivity contribution in [1.29, 1.82) is 0 Å². The van der Waals surface area contributed by atoms with E-state index in [1.807, 2.05) is 18.2 Å². The molecule has 1 aromatic carbocycles. The topological polar surface area (TPSA) is 49.6 Å². The third-order valence-electron chi connectivity index (χ3n) is 3.11. The molecule has 0 aliphatic carbocycles. The van der Waals surface area contributed by atoms with Crippen molar-refractivity contribution in [2.75, 3.05) is 20.1 Å². The molecule has 0 saturated carbocycles. The second kappa shape index (κ2) is 8.09. The lowest BCUT2D eigenvalue weighted by Gasteiger charge is -2.11. The zero-order valence-corrected chi connectivity index (χ0v) is 12.1. The highest BCUT2D eigenvalue weighted by molar-refractivity contribution is 5.79. The zero-order chi connectivity index (χ0) is 14.9. The maximum Gasteiger partial charge on any atom is 0.191 e. The second-order valence-corrected chi connectivity index (χ2v) is 4.60. The van der Waals surface area contributed by atoms with Gasteiger partial charge in [-0.25, -0.2) is 4.39 Å². The molecule has 0 spiro atoms. The maximum absolute atomic E-state index is 13.5. The first-order chi connectivity index (χ1) is 10.3. The average molecular weight is 289 g/mol. The Morgan fingerprint density at radius 3 is 2.52 bits per heavy atom. The first-order valence-electron chi connectivity index (χ1n) is 7.00. The molecule has 2 aromatic rings. The van der Waals surface area contributed by atoms with Crippen molar-refractivity contribution < 1.29 is 8.81 Å². The van der Waals surface area contributed by atoms with Crippen LogP contribution in [0.25, 0.3) is 0 Å². The van der Waals surface area contributed by atoms with Gasteiger partial charge in [0.25, 0.3) is 0 Å². The number of halogens is 1. The highest BCUT2D eigenvalue weighted by atomic mass is 19.1. The van der Waals surface area contributed by atoms with Gasteiger partial charge in [0, 0.05) is 26.6 Å². The van der Waals surface area contributed by atoms with E-state index in [1.54, 1.807) is 25.4 Å². The minimum atomic E-state index is -0.167. The van der Waals surface area contributed by atoms with Gasteiger partial charge < -0.3 is 15.1 Å². The fourth-order valence-electron chi connectivity index (χ4n) is 2.00. The van der Waals surface area contributed by atoms with E-state index in [-0.39, 0.29) is 5.82 Å². The Hall–Kier alpha value is -2.30. The van der Waals surface area contributed by atoms with Crippen molar-refractivity contribution in [3.8, 4) is 0 Å². The molecule has 21 heavy (non-hydrogen) atoms. The monoisotopic (exact) mass is 289 g/mol. The van der Waals surface area contributed by atoms with Crippen LogP contribution >= 0.6 is 0 Å². The molecular formula is C16H20FN3O. The van der Waals surface area contributed by atoms with Crippen molar-refractivity contribution >= 4 is 5.96 Å². The van der Waals surface area contributed by atoms with E-state index in [0.29, 0.717) is 24.5 Å². The van der Waals surface area contributed by atoms with E-state index >= 15 is 0 Å². The minimum Gasteiger partial charge on any atom is -0.469 e. The Kier molecular flexibility index (Phi) is 5.82. The van der Waals surface area contributed by atoms with Gasteiger partial charge >= 0.3 is 0 Å². The Balaban J connectivity index is 1.69. The standard InChI is InChI=1S/C16H20FN3O/c1-18-16(20-11-9-14-6-4-12-21-14)19-10-8-13-5-2-3-7-15(13)17/h2-7,12H,8-11H2,1H3,(H2,18,19,20). The fourth-order valence-corrected chi connectivity index (χ4v) is 2.00. The summed E-state index contributed by atoms with van der Waals surface area (Å²) in [6, 6.07) is 10.6. The van der Waals surface area contributed by atoms with Gasteiger partial charge in [-0.05, 0) is 30.2 Å². The number of nitrogens with zero attached hydrogens (tertiary/aromatic N) is 1. The van der Waals surface area contributed by atoms with E-state index in [1.165, 1.54) is 6.07 Å². The summed E-state index contributed by atoms with van der Waals surface area (Å²) in [6.07, 6.45) is 3.07. The molecule has 0 aliphatic heterocycles. The molecule has 0 unspecified atom stereocenters. The lowest BCUT2D eigenvalue weighted by Crippen LogP contribution is -2.39. The SMILES string of the molecule is CN=C(NCCc1ccco1)NCCc1ccccc1F. The molecule has 2 N–H and O–H groups in total. The molecule has 112 valence electrons. The van der Waals surface area contributed by atoms with Gasteiger partial charge in [-0.3, -0.25) is 4.99 Å². The zero-order valence-electron chi connectivity index (χ0n) is 12.1. The van der Waals surface area contributed by atoms with Gasteiger partial charge in [0.15, 0.2) is 5.96 Å². The van der Waals surface area contributed by atoms with Gasteiger partial charge in [-0.1, -0.05) is 18.2 Å². The summed E-state index contributed by atoms with van der Waals surface area (Å²) in [7, 11) is 1.71. The summed E-state index contributed by atoms with van der Waals surface area (Å²) in [5, 5.41) is 6.36. The first-order valence-corrected chi connectivity index (χ1v) is 7.00. The largest absolute Gasteiger partial charge is 0.469 e. The Morgan fingerprint density at radius 1 is 1.10 bits per heavy atom. The van der Waals surface area contributed by atoms with Crippen LogP contribution in [-0.2, 0) is 12.8 Å². The Morgan fingerprint density at radius 2 is 1.86 bits per heavy atom. The molecule has 4 nitrogen and oxygen atoms in total. The summed E-state index contributed by atoms with van der Waals surface area (Å²) in [4.78, 5) is 4.13. The number of hydrogen-bond acceptors (Lipinski definition) is 2. The number of guanidine groups is 1. The summed E-state index contributed by atoms with van der Waals surface area (Å²) >= 11 is 0. The maximum atomic E-state index is 13.5. The molecule has 0 saturated heterocycles. The van der Waals surface area contributed by atoms with E-state index in [9.17, 15) is 4.39 Å². The van der Waals surface area contributed by atoms with E-state index in [4.69, 9.17) is 4.42 Å². The molecule has 2 rings (SSSR count). The summed E-state index contributed by atoms with van der Waals surface area (Å²) in [5.41, 5.74) is 0.705. The number of hydrogen-bond donors (Lipinski definition) is 2. The van der Waals surface area contributed by atoms with Crippen LogP contribution in [0.15, 0.2) is 52.1 Å². The molecule has 0 aliphatic rings. The van der Waals surface area contributed by atoms with Gasteiger partial charge in [0.2, 0.25) is 0 Å². The normalized spacial score (nSPS) is 11.4. The fraction of sp³-hybridized carbons (Fsp3) is 0.312. The molecule has 1 aromatic heterocycles. The van der Waals surface area contributed by atoms with E-state index < -0.39 is 0 Å². The second-order valence-electron chi connectivity index (χ2n) is 4.60. The van der Waals surface area contributed by atoms with Crippen LogP contribution in [0.4, 0.5) is 4.39 Å². The number of aliphatic imine (C=N–C) groups is 1. The average Bonchev–Trinajstić information content (AvgIpc) is 3.01. The lowest BCUT2D eigenvalue weighted by molar-refractivity contribution is 0.507. The predicted molar refractivity (Wildman–Crippen MR) is 81.9 cm³/mol. The van der Waals surface area contributed by atoms with Crippen LogP contribution in [0.1, 0.15) is 11.3 Å². The van der Waals surface area contributed by atoms with Gasteiger partial charge in [0.05, 0.1) is 6.26 Å². The van der Waals surface area contributed by atoms with Gasteiger partial charge in [0.1, 0.15) is 11.6 Å². The summed E-state index contributed by atoms with van der Waals surface area (Å²) in [6.45, 7) is 1.36. The quantitative estimate of drug-likeness (QED) is 0.634. The van der Waals surface area contributed by atoms with Gasteiger partial charge in [-0.2, -0.15) is 0 Å². The predicted octanol–water partition coefficient (Wildman–Crippen LogP) is 2.37. The van der Waals surface area contributed by atoms with Crippen molar-refractivity contribution in [2.24, 2.45) is 4.99 Å². The van der Waals surface area contributed by atoms with Crippen molar-refractivity contribution in [2.45, 2.75) is 12.8 Å². The van der Waals surface area contributed by atoms with Crippen LogP contribution in [0, 0.1) is 5.82 Å². The number of nitrogens with one attached hydrogen (secondary N) is 2. The molecule has 0 bridgehead atoms. The van der Waals surface area contributed by atoms with E-state index in [0.717, 1.165) is 18.7 Å². The molecule has 0 amide bonds. The third-order valence-corrected chi connectivity index (χ3v) is 3.11. The van der Waals surface area contributed by atoms with Crippen LogP contribution in [0.3, 0.4) is 0 Å². The highest BCUT2D eigenvalue weighted by Crippen LogP contribution is 2.06. The Bertz CT molecular complexity index is 567. The summed E-state index contributed by atoms with van der Waals surface area (Å²) in [5.74, 6) is 1.47. The van der Waals surface area contributed by atoms with Crippen molar-refractivity contribution in [3.63, 3.8) is 0 Å². The molecule has 1 heterocycles. The van der Waals surface area contributed by atoms with E-state index in [2.05, 4.69) is 15.6 Å². The number of rotatable bonds is 6.